The number of halogens is 2. The summed E-state index contributed by atoms with van der Waals surface area (Å²) in [7, 11) is 0. The van der Waals surface area contributed by atoms with Gasteiger partial charge in [-0.3, -0.25) is 0 Å². The van der Waals surface area contributed by atoms with Crippen LogP contribution in [0.2, 0.25) is 10.0 Å². The number of nitrogens with one attached hydrogen (secondary N) is 1. The first-order valence-electron chi connectivity index (χ1n) is 6.01. The molecular weight excluding hydrogens is 283 g/mol. The number of nitrogens with zero attached hydrogens (tertiary/aromatic N) is 2. The van der Waals surface area contributed by atoms with Gasteiger partial charge in [0.1, 0.15) is 5.82 Å². The van der Waals surface area contributed by atoms with Crippen molar-refractivity contribution in [3.05, 3.63) is 33.8 Å². The number of nitrogens with two attached hydrogens (primary N) is 1. The van der Waals surface area contributed by atoms with Crippen LogP contribution in [0, 0.1) is 0 Å². The Kier molecular flexibility index (Phi) is 3.21. The molecular formula is C13H12Cl2N4. The molecule has 0 unspecified atom stereocenters. The number of hydrogen-bond donors (Lipinski definition) is 2. The highest BCUT2D eigenvalue weighted by molar-refractivity contribution is 6.43. The molecule has 6 heteroatoms. The minimum absolute atomic E-state index is 0.235. The van der Waals surface area contributed by atoms with Crippen molar-refractivity contribution in [3.8, 4) is 11.3 Å². The highest BCUT2D eigenvalue weighted by Gasteiger charge is 2.20. The van der Waals surface area contributed by atoms with Gasteiger partial charge in [-0.25, -0.2) is 4.98 Å². The van der Waals surface area contributed by atoms with Crippen LogP contribution >= 0.6 is 23.2 Å². The third-order valence-electron chi connectivity index (χ3n) is 3.13. The molecule has 3 rings (SSSR count). The van der Waals surface area contributed by atoms with E-state index < -0.39 is 0 Å². The van der Waals surface area contributed by atoms with E-state index in [2.05, 4.69) is 15.3 Å². The Hall–Kier alpha value is -1.52. The van der Waals surface area contributed by atoms with Gasteiger partial charge >= 0.3 is 0 Å². The molecule has 0 saturated heterocycles. The van der Waals surface area contributed by atoms with Crippen molar-refractivity contribution in [2.75, 3.05) is 17.6 Å². The fraction of sp³-hybridized carbons (Fsp3) is 0.231. The van der Waals surface area contributed by atoms with Gasteiger partial charge in [0.2, 0.25) is 5.95 Å². The van der Waals surface area contributed by atoms with E-state index in [1.165, 1.54) is 0 Å². The first-order valence-corrected chi connectivity index (χ1v) is 6.77. The van der Waals surface area contributed by atoms with Crippen molar-refractivity contribution < 1.29 is 0 Å². The molecule has 0 amide bonds. The second kappa shape index (κ2) is 4.87. The summed E-state index contributed by atoms with van der Waals surface area (Å²) >= 11 is 12.3. The molecule has 0 radical (unpaired) electrons. The normalized spacial score (nSPS) is 13.8. The summed E-state index contributed by atoms with van der Waals surface area (Å²) in [6, 6.07) is 5.50. The molecule has 98 valence electrons. The third kappa shape index (κ3) is 2.22. The molecule has 0 aliphatic carbocycles. The molecule has 0 spiro atoms. The van der Waals surface area contributed by atoms with E-state index in [0.717, 1.165) is 42.0 Å². The van der Waals surface area contributed by atoms with Crippen LogP contribution in [0.5, 0.6) is 0 Å². The van der Waals surface area contributed by atoms with Gasteiger partial charge < -0.3 is 11.1 Å². The number of anilines is 2. The summed E-state index contributed by atoms with van der Waals surface area (Å²) in [6.45, 7) is 0.895. The van der Waals surface area contributed by atoms with Gasteiger partial charge in [0.15, 0.2) is 0 Å². The quantitative estimate of drug-likeness (QED) is 0.846. The number of rotatable bonds is 1. The molecule has 0 bridgehead atoms. The highest BCUT2D eigenvalue weighted by atomic mass is 35.5. The van der Waals surface area contributed by atoms with Crippen molar-refractivity contribution in [2.45, 2.75) is 12.8 Å². The molecule has 1 aliphatic heterocycles. The molecule has 0 saturated carbocycles. The zero-order valence-electron chi connectivity index (χ0n) is 10.1. The van der Waals surface area contributed by atoms with Gasteiger partial charge in [0, 0.05) is 17.7 Å². The lowest BCUT2D eigenvalue weighted by atomic mass is 10.00. The largest absolute Gasteiger partial charge is 0.370 e. The Morgan fingerprint density at radius 1 is 1.21 bits per heavy atom. The van der Waals surface area contributed by atoms with Crippen LogP contribution in [0.3, 0.4) is 0 Å². The highest BCUT2D eigenvalue weighted by Crippen LogP contribution is 2.37. The Morgan fingerprint density at radius 2 is 2.05 bits per heavy atom. The van der Waals surface area contributed by atoms with Gasteiger partial charge in [-0.15, -0.1) is 0 Å². The fourth-order valence-electron chi connectivity index (χ4n) is 2.27. The van der Waals surface area contributed by atoms with Crippen molar-refractivity contribution in [3.63, 3.8) is 0 Å². The maximum atomic E-state index is 6.27. The summed E-state index contributed by atoms with van der Waals surface area (Å²) < 4.78 is 0. The van der Waals surface area contributed by atoms with Crippen LogP contribution < -0.4 is 11.1 Å². The lowest BCUT2D eigenvalue weighted by molar-refractivity contribution is 0.813. The summed E-state index contributed by atoms with van der Waals surface area (Å²) in [5.41, 5.74) is 8.38. The summed E-state index contributed by atoms with van der Waals surface area (Å²) in [4.78, 5) is 8.57. The van der Waals surface area contributed by atoms with E-state index in [-0.39, 0.29) is 5.95 Å². The Bertz CT molecular complexity index is 643. The number of benzene rings is 1. The molecule has 2 heterocycles. The summed E-state index contributed by atoms with van der Waals surface area (Å²) in [5, 5.41) is 4.24. The van der Waals surface area contributed by atoms with E-state index in [1.54, 1.807) is 6.07 Å². The van der Waals surface area contributed by atoms with E-state index in [0.29, 0.717) is 10.0 Å². The maximum absolute atomic E-state index is 6.27. The first kappa shape index (κ1) is 12.5. The van der Waals surface area contributed by atoms with Gasteiger partial charge in [-0.05, 0) is 18.9 Å². The van der Waals surface area contributed by atoms with E-state index in [4.69, 9.17) is 28.9 Å². The second-order valence-electron chi connectivity index (χ2n) is 4.39. The number of aromatic nitrogens is 2. The predicted molar refractivity (Wildman–Crippen MR) is 78.7 cm³/mol. The zero-order valence-corrected chi connectivity index (χ0v) is 11.6. The smallest absolute Gasteiger partial charge is 0.222 e. The SMILES string of the molecule is Nc1nc2c(c(-c3cccc(Cl)c3Cl)n1)CCCN2. The lowest BCUT2D eigenvalue weighted by Gasteiger charge is -2.20. The van der Waals surface area contributed by atoms with Crippen LogP contribution in [-0.4, -0.2) is 16.5 Å². The van der Waals surface area contributed by atoms with Gasteiger partial charge in [-0.2, -0.15) is 4.98 Å². The van der Waals surface area contributed by atoms with Crippen LogP contribution in [0.4, 0.5) is 11.8 Å². The standard InChI is InChI=1S/C13H12Cl2N4/c14-9-5-1-3-7(10(9)15)11-8-4-2-6-17-12(8)19-13(16)18-11/h1,3,5H,2,4,6H2,(H3,16,17,18,19). The predicted octanol–water partition coefficient (Wildman–Crippen LogP) is 3.39. The fourth-order valence-corrected chi connectivity index (χ4v) is 2.66. The molecule has 19 heavy (non-hydrogen) atoms. The van der Waals surface area contributed by atoms with Crippen LogP contribution in [0.1, 0.15) is 12.0 Å². The minimum atomic E-state index is 0.235. The maximum Gasteiger partial charge on any atom is 0.222 e. The van der Waals surface area contributed by atoms with Gasteiger partial charge in [0.25, 0.3) is 0 Å². The van der Waals surface area contributed by atoms with E-state index >= 15 is 0 Å². The molecule has 1 aromatic carbocycles. The molecule has 4 nitrogen and oxygen atoms in total. The van der Waals surface area contributed by atoms with Crippen molar-refractivity contribution in [1.82, 2.24) is 9.97 Å². The summed E-state index contributed by atoms with van der Waals surface area (Å²) in [6.07, 6.45) is 1.94. The second-order valence-corrected chi connectivity index (χ2v) is 5.17. The first-order chi connectivity index (χ1) is 9.16. The van der Waals surface area contributed by atoms with Crippen LogP contribution in [0.15, 0.2) is 18.2 Å². The zero-order chi connectivity index (χ0) is 13.4. The van der Waals surface area contributed by atoms with Crippen LogP contribution in [-0.2, 0) is 6.42 Å². The number of fused-ring (bicyclic) bond motifs is 1. The van der Waals surface area contributed by atoms with Crippen LogP contribution in [0.25, 0.3) is 11.3 Å². The van der Waals surface area contributed by atoms with Crippen molar-refractivity contribution in [2.24, 2.45) is 0 Å². The van der Waals surface area contributed by atoms with Gasteiger partial charge in [0.05, 0.1) is 15.7 Å². The third-order valence-corrected chi connectivity index (χ3v) is 3.95. The molecule has 2 aromatic rings. The average Bonchev–Trinajstić information content (AvgIpc) is 2.41. The molecule has 0 fully saturated rings. The molecule has 0 atom stereocenters. The Morgan fingerprint density at radius 3 is 2.89 bits per heavy atom. The Balaban J connectivity index is 2.24. The average molecular weight is 295 g/mol. The van der Waals surface area contributed by atoms with Gasteiger partial charge in [-0.1, -0.05) is 35.3 Å². The molecule has 1 aliphatic rings. The van der Waals surface area contributed by atoms with Crippen molar-refractivity contribution >= 4 is 35.0 Å². The molecule has 1 aromatic heterocycles. The Labute approximate surface area is 121 Å². The minimum Gasteiger partial charge on any atom is -0.370 e. The lowest BCUT2D eigenvalue weighted by Crippen LogP contribution is -2.16. The van der Waals surface area contributed by atoms with E-state index in [9.17, 15) is 0 Å². The topological polar surface area (TPSA) is 63.8 Å². The number of nitrogen functional groups attached to an aromatic ring is 1. The van der Waals surface area contributed by atoms with E-state index in [1.807, 2.05) is 12.1 Å². The summed E-state index contributed by atoms with van der Waals surface area (Å²) in [5.74, 6) is 1.03. The number of hydrogen-bond acceptors (Lipinski definition) is 4. The molecule has 3 N–H and O–H groups in total. The monoisotopic (exact) mass is 294 g/mol. The van der Waals surface area contributed by atoms with Crippen molar-refractivity contribution in [1.29, 1.82) is 0 Å².